The summed E-state index contributed by atoms with van der Waals surface area (Å²) in [6.45, 7) is 0.923. The first kappa shape index (κ1) is 23.9. The average Bonchev–Trinajstić information content (AvgIpc) is 3.31. The van der Waals surface area contributed by atoms with Gasteiger partial charge in [-0.05, 0) is 24.8 Å². The number of hydrogen-bond donors (Lipinski definition) is 4. The van der Waals surface area contributed by atoms with Crippen LogP contribution in [0.4, 0.5) is 0 Å². The smallest absolute Gasteiger partial charge is 0.257 e. The first-order chi connectivity index (χ1) is 14.4. The molecule has 2 rings (SSSR count). The molecular weight excluding hydrogens is 406 g/mol. The highest BCUT2D eigenvalue weighted by Crippen LogP contribution is 2.24. The Balaban J connectivity index is 1.65. The van der Waals surface area contributed by atoms with E-state index >= 15 is 0 Å². The summed E-state index contributed by atoms with van der Waals surface area (Å²) >= 11 is 1.52. The van der Waals surface area contributed by atoms with Gasteiger partial charge in [-0.25, -0.2) is 0 Å². The molecule has 4 N–H and O–H groups in total. The zero-order valence-corrected chi connectivity index (χ0v) is 17.9. The molecule has 3 amide bonds. The van der Waals surface area contributed by atoms with Gasteiger partial charge in [0.2, 0.25) is 0 Å². The lowest BCUT2D eigenvalue weighted by Gasteiger charge is -2.23. The van der Waals surface area contributed by atoms with Crippen molar-refractivity contribution in [2.45, 2.75) is 31.5 Å². The second-order valence-electron chi connectivity index (χ2n) is 6.99. The second kappa shape index (κ2) is 12.4. The number of rotatable bonds is 11. The number of carbonyl (C=O) groups is 3. The van der Waals surface area contributed by atoms with Gasteiger partial charge >= 0.3 is 0 Å². The monoisotopic (exact) mass is 435 g/mol. The molecule has 0 aromatic heterocycles. The molecule has 0 spiro atoms. The number of nitrogens with one attached hydrogen (secondary N) is 2. The van der Waals surface area contributed by atoms with Gasteiger partial charge in [0.25, 0.3) is 17.7 Å². The van der Waals surface area contributed by atoms with Crippen molar-refractivity contribution in [2.24, 2.45) is 0 Å². The van der Waals surface area contributed by atoms with Crippen LogP contribution in [-0.2, 0) is 20.8 Å². The van der Waals surface area contributed by atoms with Gasteiger partial charge in [0.05, 0.1) is 4.91 Å². The predicted molar refractivity (Wildman–Crippen MR) is 116 cm³/mol. The van der Waals surface area contributed by atoms with Gasteiger partial charge in [-0.1, -0.05) is 36.4 Å². The minimum atomic E-state index is -1.86. The summed E-state index contributed by atoms with van der Waals surface area (Å²) < 4.78 is 0. The van der Waals surface area contributed by atoms with Crippen molar-refractivity contribution in [3.63, 3.8) is 0 Å². The molecule has 1 aliphatic heterocycles. The fourth-order valence-electron chi connectivity index (χ4n) is 2.83. The molecule has 0 saturated carbocycles. The van der Waals surface area contributed by atoms with E-state index in [1.807, 2.05) is 36.4 Å². The summed E-state index contributed by atoms with van der Waals surface area (Å²) in [5.41, 5.74) is 1.04. The maximum absolute atomic E-state index is 12.3. The third-order valence-corrected chi connectivity index (χ3v) is 5.75. The Labute approximate surface area is 180 Å². The largest absolute Gasteiger partial charge is 0.380 e. The number of carbonyl (C=O) groups excluding carboxylic acids is 3. The Morgan fingerprint density at radius 3 is 2.47 bits per heavy atom. The average molecular weight is 436 g/mol. The van der Waals surface area contributed by atoms with Crippen molar-refractivity contribution in [2.75, 3.05) is 32.4 Å². The molecule has 0 fully saturated rings. The van der Waals surface area contributed by atoms with Crippen molar-refractivity contribution in [1.82, 2.24) is 15.5 Å². The minimum absolute atomic E-state index is 0.122. The molecule has 1 aliphatic rings. The highest BCUT2D eigenvalue weighted by Gasteiger charge is 2.31. The van der Waals surface area contributed by atoms with E-state index in [9.17, 15) is 24.6 Å². The van der Waals surface area contributed by atoms with Crippen LogP contribution in [0.1, 0.15) is 18.4 Å². The minimum Gasteiger partial charge on any atom is -0.380 e. The van der Waals surface area contributed by atoms with Crippen LogP contribution >= 0.6 is 11.8 Å². The van der Waals surface area contributed by atoms with Gasteiger partial charge in [-0.15, -0.1) is 11.8 Å². The standard InChI is InChI=1S/C21H29N3O5S/c1-24(13-10-15-7-3-2-4-8-15)21(29)18(26)17(25)20(28)23-12-6-11-22-19(27)16-9-5-14-30-16/h2-4,7-9,17-18,25-26H,5-6,10-14H2,1H3,(H,22,27)(H,23,28)/t17-,18-/m1/s1. The molecule has 1 aromatic carbocycles. The number of likely N-dealkylation sites (N-methyl/N-ethyl adjacent to an activating group) is 1. The zero-order valence-electron chi connectivity index (χ0n) is 17.0. The maximum Gasteiger partial charge on any atom is 0.257 e. The van der Waals surface area contributed by atoms with E-state index in [0.717, 1.165) is 17.7 Å². The molecule has 0 radical (unpaired) electrons. The van der Waals surface area contributed by atoms with Crippen LogP contribution in [0.25, 0.3) is 0 Å². The van der Waals surface area contributed by atoms with Crippen molar-refractivity contribution in [1.29, 1.82) is 0 Å². The Morgan fingerprint density at radius 2 is 1.80 bits per heavy atom. The lowest BCUT2D eigenvalue weighted by Crippen LogP contribution is -2.50. The topological polar surface area (TPSA) is 119 Å². The number of aliphatic hydroxyl groups excluding tert-OH is 2. The summed E-state index contributed by atoms with van der Waals surface area (Å²) in [6.07, 6.45) is 0.155. The first-order valence-corrected chi connectivity index (χ1v) is 10.9. The van der Waals surface area contributed by atoms with Gasteiger partial charge in [-0.3, -0.25) is 14.4 Å². The Morgan fingerprint density at radius 1 is 1.10 bits per heavy atom. The maximum atomic E-state index is 12.3. The van der Waals surface area contributed by atoms with E-state index in [1.54, 1.807) is 0 Å². The van der Waals surface area contributed by atoms with Crippen molar-refractivity contribution >= 4 is 29.5 Å². The summed E-state index contributed by atoms with van der Waals surface area (Å²) in [5.74, 6) is -0.751. The molecular formula is C21H29N3O5S. The van der Waals surface area contributed by atoms with Gasteiger partial charge in [0, 0.05) is 32.4 Å². The molecule has 0 saturated heterocycles. The summed E-state index contributed by atoms with van der Waals surface area (Å²) in [7, 11) is 1.51. The summed E-state index contributed by atoms with van der Waals surface area (Å²) in [6, 6.07) is 9.57. The molecule has 0 aliphatic carbocycles. The number of allylic oxidation sites excluding steroid dienone is 1. The van der Waals surface area contributed by atoms with Crippen LogP contribution in [0.2, 0.25) is 0 Å². The number of amides is 3. The van der Waals surface area contributed by atoms with Gasteiger partial charge in [0.15, 0.2) is 12.2 Å². The number of nitrogens with zero attached hydrogens (tertiary/aromatic N) is 1. The first-order valence-electron chi connectivity index (χ1n) is 9.94. The van der Waals surface area contributed by atoms with Crippen molar-refractivity contribution in [3.05, 3.63) is 46.9 Å². The highest BCUT2D eigenvalue weighted by molar-refractivity contribution is 8.04. The molecule has 164 valence electrons. The Bertz CT molecular complexity index is 756. The number of aliphatic hydroxyl groups is 2. The van der Waals surface area contributed by atoms with E-state index in [4.69, 9.17) is 0 Å². The van der Waals surface area contributed by atoms with Crippen molar-refractivity contribution < 1.29 is 24.6 Å². The zero-order chi connectivity index (χ0) is 21.9. The molecule has 2 atom stereocenters. The quantitative estimate of drug-likeness (QED) is 0.365. The molecule has 30 heavy (non-hydrogen) atoms. The van der Waals surface area contributed by atoms with Crippen molar-refractivity contribution in [3.8, 4) is 0 Å². The van der Waals surface area contributed by atoms with E-state index in [-0.39, 0.29) is 12.5 Å². The van der Waals surface area contributed by atoms with Crippen LogP contribution < -0.4 is 10.6 Å². The van der Waals surface area contributed by atoms with Crippen LogP contribution in [0.5, 0.6) is 0 Å². The fraction of sp³-hybridized carbons (Fsp3) is 0.476. The second-order valence-corrected chi connectivity index (χ2v) is 8.13. The third-order valence-electron chi connectivity index (χ3n) is 4.64. The van der Waals surface area contributed by atoms with Gasteiger partial charge in [0.1, 0.15) is 0 Å². The molecule has 8 nitrogen and oxygen atoms in total. The Kier molecular flexibility index (Phi) is 9.85. The number of benzene rings is 1. The number of thioether (sulfide) groups is 1. The molecule has 1 heterocycles. The fourth-order valence-corrected chi connectivity index (χ4v) is 3.72. The third kappa shape index (κ3) is 7.47. The highest BCUT2D eigenvalue weighted by atomic mass is 32.2. The molecule has 0 unspecified atom stereocenters. The van der Waals surface area contributed by atoms with Crippen LogP contribution in [0.3, 0.4) is 0 Å². The van der Waals surface area contributed by atoms with Crippen LogP contribution in [0.15, 0.2) is 41.3 Å². The lowest BCUT2D eigenvalue weighted by atomic mass is 10.1. The Hall–Kier alpha value is -2.36. The normalized spacial score (nSPS) is 15.1. The summed E-state index contributed by atoms with van der Waals surface area (Å²) in [4.78, 5) is 38.1. The number of hydrogen-bond acceptors (Lipinski definition) is 6. The van der Waals surface area contributed by atoms with Gasteiger partial charge < -0.3 is 25.7 Å². The van der Waals surface area contributed by atoms with Crippen LogP contribution in [-0.4, -0.2) is 77.5 Å². The van der Waals surface area contributed by atoms with E-state index in [1.165, 1.54) is 23.7 Å². The molecule has 1 aromatic rings. The SMILES string of the molecule is CN(CCc1ccccc1)C(=O)[C@H](O)[C@@H](O)C(=O)NCCCNC(=O)C1=CCCS1. The van der Waals surface area contributed by atoms with E-state index in [2.05, 4.69) is 10.6 Å². The van der Waals surface area contributed by atoms with E-state index < -0.39 is 24.0 Å². The molecule has 0 bridgehead atoms. The predicted octanol–water partition coefficient (Wildman–Crippen LogP) is 0.0526. The van der Waals surface area contributed by atoms with E-state index in [0.29, 0.717) is 30.8 Å². The van der Waals surface area contributed by atoms with Gasteiger partial charge in [-0.2, -0.15) is 0 Å². The summed E-state index contributed by atoms with van der Waals surface area (Å²) in [5, 5.41) is 25.3. The lowest BCUT2D eigenvalue weighted by molar-refractivity contribution is -0.152. The molecule has 9 heteroatoms. The van der Waals surface area contributed by atoms with Crippen LogP contribution in [0, 0.1) is 0 Å².